The van der Waals surface area contributed by atoms with E-state index in [0.29, 0.717) is 26.2 Å². The molecule has 148 valence electrons. The minimum absolute atomic E-state index is 0.0465. The van der Waals surface area contributed by atoms with Crippen molar-refractivity contribution < 1.29 is 17.9 Å². The van der Waals surface area contributed by atoms with E-state index in [0.717, 1.165) is 30.9 Å². The summed E-state index contributed by atoms with van der Waals surface area (Å²) in [7, 11) is -1.41. The summed E-state index contributed by atoms with van der Waals surface area (Å²) in [6.45, 7) is 3.12. The molecule has 3 rings (SSSR count). The normalized spacial score (nSPS) is 17.5. The lowest BCUT2D eigenvalue weighted by atomic mass is 10.2. The van der Waals surface area contributed by atoms with Crippen molar-refractivity contribution in [2.75, 3.05) is 33.1 Å². The molecule has 27 heavy (non-hydrogen) atoms. The van der Waals surface area contributed by atoms with Gasteiger partial charge in [-0.05, 0) is 32.0 Å². The van der Waals surface area contributed by atoms with E-state index in [-0.39, 0.29) is 11.3 Å². The van der Waals surface area contributed by atoms with Gasteiger partial charge >= 0.3 is 0 Å². The predicted molar refractivity (Wildman–Crippen MR) is 103 cm³/mol. The molecule has 8 heteroatoms. The second kappa shape index (κ2) is 8.86. The third kappa shape index (κ3) is 5.54. The second-order valence-corrected chi connectivity index (χ2v) is 8.86. The van der Waals surface area contributed by atoms with Crippen molar-refractivity contribution in [3.05, 3.63) is 42.2 Å². The fourth-order valence-electron chi connectivity index (χ4n) is 3.19. The lowest BCUT2D eigenvalue weighted by molar-refractivity contribution is 0.0933. The van der Waals surface area contributed by atoms with Crippen LogP contribution in [-0.2, 0) is 27.7 Å². The van der Waals surface area contributed by atoms with Crippen molar-refractivity contribution >= 4 is 9.84 Å². The minimum atomic E-state index is -3.39. The van der Waals surface area contributed by atoms with Crippen molar-refractivity contribution in [2.45, 2.75) is 37.2 Å². The molecule has 1 aliphatic rings. The highest BCUT2D eigenvalue weighted by Crippen LogP contribution is 2.19. The Hall–Kier alpha value is -1.90. The molecule has 1 fully saturated rings. The molecule has 0 N–H and O–H groups in total. The molecule has 2 heterocycles. The summed E-state index contributed by atoms with van der Waals surface area (Å²) in [5.41, 5.74) is 0.869. The number of para-hydroxylation sites is 1. The maximum Gasteiger partial charge on any atom is 0.227 e. The standard InChI is InChI=1S/C19H27N3O4S/c1-21(10-12-26-17-7-4-3-5-8-17)14-16-13-20-19(27(2,23)24)22(16)15-18-9-6-11-25-18/h3-5,7-8,13,18H,6,9-12,14-15H2,1-2H3/t18-/m0/s1. The zero-order chi connectivity index (χ0) is 19.3. The van der Waals surface area contributed by atoms with Crippen LogP contribution in [0.5, 0.6) is 5.75 Å². The first-order chi connectivity index (χ1) is 12.9. The number of hydrogen-bond donors (Lipinski definition) is 0. The Bertz CT molecular complexity index is 830. The van der Waals surface area contributed by atoms with E-state index in [4.69, 9.17) is 9.47 Å². The van der Waals surface area contributed by atoms with Gasteiger partial charge in [-0.1, -0.05) is 18.2 Å². The summed E-state index contributed by atoms with van der Waals surface area (Å²) in [6.07, 6.45) is 4.86. The van der Waals surface area contributed by atoms with Gasteiger partial charge in [-0.3, -0.25) is 4.90 Å². The fourth-order valence-corrected chi connectivity index (χ4v) is 4.03. The fraction of sp³-hybridized carbons (Fsp3) is 0.526. The van der Waals surface area contributed by atoms with Crippen LogP contribution in [0.2, 0.25) is 0 Å². The van der Waals surface area contributed by atoms with Crippen LogP contribution in [0.15, 0.2) is 41.7 Å². The van der Waals surface area contributed by atoms with Gasteiger partial charge in [0, 0.05) is 26.0 Å². The van der Waals surface area contributed by atoms with E-state index in [1.54, 1.807) is 10.8 Å². The summed E-state index contributed by atoms with van der Waals surface area (Å²) < 4.78 is 37.4. The van der Waals surface area contributed by atoms with Gasteiger partial charge in [-0.25, -0.2) is 13.4 Å². The molecule has 0 aliphatic carbocycles. The van der Waals surface area contributed by atoms with Crippen LogP contribution < -0.4 is 4.74 Å². The van der Waals surface area contributed by atoms with Crippen LogP contribution in [-0.4, -0.2) is 62.0 Å². The summed E-state index contributed by atoms with van der Waals surface area (Å²) in [5, 5.41) is 0.113. The number of ether oxygens (including phenoxy) is 2. The number of likely N-dealkylation sites (N-methyl/N-ethyl adjacent to an activating group) is 1. The van der Waals surface area contributed by atoms with E-state index < -0.39 is 9.84 Å². The molecule has 0 saturated carbocycles. The Balaban J connectivity index is 1.63. The summed E-state index contributed by atoms with van der Waals surface area (Å²) in [4.78, 5) is 6.27. The largest absolute Gasteiger partial charge is 0.492 e. The average Bonchev–Trinajstić information content (AvgIpc) is 3.26. The monoisotopic (exact) mass is 393 g/mol. The van der Waals surface area contributed by atoms with Crippen molar-refractivity contribution in [3.63, 3.8) is 0 Å². The van der Waals surface area contributed by atoms with E-state index in [2.05, 4.69) is 9.88 Å². The molecule has 1 aromatic heterocycles. The zero-order valence-electron chi connectivity index (χ0n) is 15.9. The van der Waals surface area contributed by atoms with Crippen molar-refractivity contribution in [3.8, 4) is 5.75 Å². The van der Waals surface area contributed by atoms with E-state index in [9.17, 15) is 8.42 Å². The molecule has 7 nitrogen and oxygen atoms in total. The summed E-state index contributed by atoms with van der Waals surface area (Å²) in [5.74, 6) is 0.841. The highest BCUT2D eigenvalue weighted by atomic mass is 32.2. The molecule has 0 unspecified atom stereocenters. The molecule has 1 aromatic carbocycles. The van der Waals surface area contributed by atoms with Gasteiger partial charge in [0.15, 0.2) is 0 Å². The molecule has 0 radical (unpaired) electrons. The van der Waals surface area contributed by atoms with Crippen molar-refractivity contribution in [1.29, 1.82) is 0 Å². The summed E-state index contributed by atoms with van der Waals surface area (Å²) in [6, 6.07) is 9.68. The highest BCUT2D eigenvalue weighted by molar-refractivity contribution is 7.90. The molecule has 1 aliphatic heterocycles. The lowest BCUT2D eigenvalue weighted by Crippen LogP contribution is -2.27. The Kier molecular flexibility index (Phi) is 6.51. The first-order valence-corrected chi connectivity index (χ1v) is 11.0. The Labute approximate surface area is 160 Å². The van der Waals surface area contributed by atoms with Gasteiger partial charge in [-0.15, -0.1) is 0 Å². The highest BCUT2D eigenvalue weighted by Gasteiger charge is 2.24. The first kappa shape index (κ1) is 19.9. The number of nitrogens with zero attached hydrogens (tertiary/aromatic N) is 3. The second-order valence-electron chi connectivity index (χ2n) is 6.95. The van der Waals surface area contributed by atoms with Gasteiger partial charge in [-0.2, -0.15) is 0 Å². The van der Waals surface area contributed by atoms with Gasteiger partial charge in [0.25, 0.3) is 0 Å². The van der Waals surface area contributed by atoms with Crippen LogP contribution in [0, 0.1) is 0 Å². The Morgan fingerprint density at radius 1 is 1.33 bits per heavy atom. The number of rotatable bonds is 9. The van der Waals surface area contributed by atoms with Crippen LogP contribution >= 0.6 is 0 Å². The topological polar surface area (TPSA) is 73.7 Å². The Morgan fingerprint density at radius 2 is 2.11 bits per heavy atom. The maximum absolute atomic E-state index is 12.1. The molecule has 0 spiro atoms. The summed E-state index contributed by atoms with van der Waals surface area (Å²) >= 11 is 0. The van der Waals surface area contributed by atoms with Crippen LogP contribution in [0.25, 0.3) is 0 Å². The molecule has 0 bridgehead atoms. The third-order valence-electron chi connectivity index (χ3n) is 4.56. The quantitative estimate of drug-likeness (QED) is 0.649. The molecule has 1 saturated heterocycles. The van der Waals surface area contributed by atoms with Crippen LogP contribution in [0.1, 0.15) is 18.5 Å². The molecule has 2 aromatic rings. The van der Waals surface area contributed by atoms with Crippen LogP contribution in [0.4, 0.5) is 0 Å². The number of benzene rings is 1. The minimum Gasteiger partial charge on any atom is -0.492 e. The maximum atomic E-state index is 12.1. The number of sulfone groups is 1. The van der Waals surface area contributed by atoms with Crippen molar-refractivity contribution in [2.24, 2.45) is 0 Å². The molecule has 1 atom stereocenters. The average molecular weight is 394 g/mol. The third-order valence-corrected chi connectivity index (χ3v) is 5.55. The molecular weight excluding hydrogens is 366 g/mol. The van der Waals surface area contributed by atoms with E-state index >= 15 is 0 Å². The lowest BCUT2D eigenvalue weighted by Gasteiger charge is -2.20. The van der Waals surface area contributed by atoms with Crippen molar-refractivity contribution in [1.82, 2.24) is 14.5 Å². The van der Waals surface area contributed by atoms with E-state index in [1.807, 2.05) is 37.4 Å². The number of aromatic nitrogens is 2. The number of imidazole rings is 1. The van der Waals surface area contributed by atoms with E-state index in [1.165, 1.54) is 6.26 Å². The van der Waals surface area contributed by atoms with Gasteiger partial charge < -0.3 is 14.0 Å². The predicted octanol–water partition coefficient (Wildman–Crippen LogP) is 1.98. The van der Waals surface area contributed by atoms with Gasteiger partial charge in [0.2, 0.25) is 15.0 Å². The van der Waals surface area contributed by atoms with Crippen LogP contribution in [0.3, 0.4) is 0 Å². The number of hydrogen-bond acceptors (Lipinski definition) is 6. The SMILES string of the molecule is CN(CCOc1ccccc1)Cc1cnc(S(C)(=O)=O)n1C[C@@H]1CCCO1. The smallest absolute Gasteiger partial charge is 0.227 e. The Morgan fingerprint density at radius 3 is 2.78 bits per heavy atom. The van der Waals surface area contributed by atoms with Gasteiger partial charge in [0.1, 0.15) is 12.4 Å². The zero-order valence-corrected chi connectivity index (χ0v) is 16.7. The molecular formula is C19H27N3O4S. The first-order valence-electron chi connectivity index (χ1n) is 9.16. The molecule has 0 amide bonds. The van der Waals surface area contributed by atoms with Gasteiger partial charge in [0.05, 0.1) is 24.5 Å².